The number of hydrogen-bond donors (Lipinski definition) is 1. The molecule has 0 saturated carbocycles. The molecule has 0 spiro atoms. The van der Waals surface area contributed by atoms with Crippen molar-refractivity contribution in [1.29, 1.82) is 0 Å². The molecule has 5 heteroatoms. The Morgan fingerprint density at radius 1 is 1.39 bits per heavy atom. The molecule has 1 aromatic carbocycles. The highest BCUT2D eigenvalue weighted by Crippen LogP contribution is 2.32. The normalized spacial score (nSPS) is 23.9. The highest BCUT2D eigenvalue weighted by molar-refractivity contribution is 5.75. The molecule has 1 aromatic heterocycles. The minimum absolute atomic E-state index is 0.139. The van der Waals surface area contributed by atoms with Crippen LogP contribution in [-0.4, -0.2) is 22.7 Å². The van der Waals surface area contributed by atoms with Crippen molar-refractivity contribution in [2.75, 3.05) is 6.61 Å². The quantitative estimate of drug-likeness (QED) is 0.891. The van der Waals surface area contributed by atoms with Gasteiger partial charge in [0.2, 0.25) is 0 Å². The molecule has 0 radical (unpaired) electrons. The minimum Gasteiger partial charge on any atom is -0.377 e. The number of fused-ring (bicyclic) bond motifs is 1. The van der Waals surface area contributed by atoms with Crippen LogP contribution in [0.25, 0.3) is 11.0 Å². The Hall–Kier alpha value is -1.49. The number of aromatic amines is 1. The van der Waals surface area contributed by atoms with Crippen molar-refractivity contribution in [3.05, 3.63) is 29.6 Å². The lowest BCUT2D eigenvalue weighted by Gasteiger charge is -2.13. The van der Waals surface area contributed by atoms with Crippen LogP contribution in [-0.2, 0) is 4.74 Å². The van der Waals surface area contributed by atoms with Crippen molar-refractivity contribution in [2.24, 2.45) is 0 Å². The van der Waals surface area contributed by atoms with Crippen molar-refractivity contribution in [2.45, 2.75) is 31.8 Å². The van der Waals surface area contributed by atoms with E-state index in [4.69, 9.17) is 4.74 Å². The third-order valence-corrected chi connectivity index (χ3v) is 3.51. The van der Waals surface area contributed by atoms with E-state index in [0.717, 1.165) is 30.8 Å². The van der Waals surface area contributed by atoms with Gasteiger partial charge >= 0.3 is 0 Å². The molecule has 3 rings (SSSR count). The summed E-state index contributed by atoms with van der Waals surface area (Å²) in [6.07, 6.45) is 1.94. The van der Waals surface area contributed by atoms with Crippen LogP contribution in [0.2, 0.25) is 0 Å². The predicted octanol–water partition coefficient (Wildman–Crippen LogP) is 3.12. The van der Waals surface area contributed by atoms with Gasteiger partial charge < -0.3 is 9.72 Å². The van der Waals surface area contributed by atoms with E-state index >= 15 is 0 Å². The lowest BCUT2D eigenvalue weighted by molar-refractivity contribution is 0.0996. The summed E-state index contributed by atoms with van der Waals surface area (Å²) in [6, 6.07) is 2.28. The molecule has 0 aliphatic carbocycles. The number of imidazole rings is 1. The molecule has 3 nitrogen and oxygen atoms in total. The van der Waals surface area contributed by atoms with Gasteiger partial charge in [-0.05, 0) is 12.8 Å². The highest BCUT2D eigenvalue weighted by Gasteiger charge is 2.30. The molecule has 0 amide bonds. The van der Waals surface area contributed by atoms with E-state index < -0.39 is 11.6 Å². The first-order valence-corrected chi connectivity index (χ1v) is 6.15. The average molecular weight is 252 g/mol. The zero-order chi connectivity index (χ0) is 12.7. The predicted molar refractivity (Wildman–Crippen MR) is 63.4 cm³/mol. The number of aromatic nitrogens is 2. The maximum atomic E-state index is 13.1. The number of halogens is 2. The van der Waals surface area contributed by atoms with Gasteiger partial charge in [0.25, 0.3) is 0 Å². The van der Waals surface area contributed by atoms with Crippen LogP contribution < -0.4 is 0 Å². The summed E-state index contributed by atoms with van der Waals surface area (Å²) in [5.74, 6) is -0.768. The number of nitrogens with one attached hydrogen (secondary N) is 1. The Labute approximate surface area is 103 Å². The van der Waals surface area contributed by atoms with E-state index in [1.807, 2.05) is 0 Å². The summed E-state index contributed by atoms with van der Waals surface area (Å²) in [6.45, 7) is 2.77. The van der Waals surface area contributed by atoms with Gasteiger partial charge in [-0.15, -0.1) is 0 Å². The zero-order valence-corrected chi connectivity index (χ0v) is 10.0. The fourth-order valence-corrected chi connectivity index (χ4v) is 2.56. The molecular formula is C13H14F2N2O. The molecule has 0 bridgehead atoms. The topological polar surface area (TPSA) is 37.9 Å². The third kappa shape index (κ3) is 1.79. The summed E-state index contributed by atoms with van der Waals surface area (Å²) in [5.41, 5.74) is 0.997. The van der Waals surface area contributed by atoms with Crippen LogP contribution in [0.5, 0.6) is 0 Å². The molecular weight excluding hydrogens is 238 g/mol. The number of ether oxygens (including phenoxy) is 1. The summed E-state index contributed by atoms with van der Waals surface area (Å²) >= 11 is 0. The van der Waals surface area contributed by atoms with Gasteiger partial charge in [0.15, 0.2) is 11.6 Å². The molecule has 2 heterocycles. The number of benzene rings is 1. The van der Waals surface area contributed by atoms with Gasteiger partial charge in [0.1, 0.15) is 5.82 Å². The van der Waals surface area contributed by atoms with E-state index in [1.165, 1.54) is 0 Å². The van der Waals surface area contributed by atoms with Crippen LogP contribution in [0.3, 0.4) is 0 Å². The van der Waals surface area contributed by atoms with Gasteiger partial charge in [-0.25, -0.2) is 13.8 Å². The van der Waals surface area contributed by atoms with Gasteiger partial charge in [-0.2, -0.15) is 0 Å². The third-order valence-electron chi connectivity index (χ3n) is 3.51. The molecule has 1 aliphatic heterocycles. The van der Waals surface area contributed by atoms with Crippen molar-refractivity contribution in [3.63, 3.8) is 0 Å². The first-order chi connectivity index (χ1) is 8.69. The summed E-state index contributed by atoms with van der Waals surface area (Å²) < 4.78 is 31.9. The number of hydrogen-bond acceptors (Lipinski definition) is 2. The van der Waals surface area contributed by atoms with E-state index in [-0.39, 0.29) is 12.0 Å². The standard InChI is InChI=1S/C13H14F2N2O/c1-2-12-7(3-4-18-12)13-16-10-5-8(14)9(15)6-11(10)17-13/h5-7,12H,2-4H2,1H3,(H,16,17). The second kappa shape index (κ2) is 4.31. The molecule has 18 heavy (non-hydrogen) atoms. The van der Waals surface area contributed by atoms with Crippen LogP contribution in [0.4, 0.5) is 8.78 Å². The Morgan fingerprint density at radius 2 is 2.17 bits per heavy atom. The molecule has 1 fully saturated rings. The van der Waals surface area contributed by atoms with Gasteiger partial charge in [-0.1, -0.05) is 6.92 Å². The summed E-state index contributed by atoms with van der Waals surface area (Å²) in [7, 11) is 0. The highest BCUT2D eigenvalue weighted by atomic mass is 19.2. The van der Waals surface area contributed by atoms with E-state index in [9.17, 15) is 8.78 Å². The molecule has 1 saturated heterocycles. The van der Waals surface area contributed by atoms with E-state index in [0.29, 0.717) is 17.6 Å². The number of nitrogens with zero attached hydrogens (tertiary/aromatic N) is 1. The van der Waals surface area contributed by atoms with E-state index in [2.05, 4.69) is 16.9 Å². The largest absolute Gasteiger partial charge is 0.377 e. The maximum Gasteiger partial charge on any atom is 0.161 e. The van der Waals surface area contributed by atoms with Crippen LogP contribution in [0.15, 0.2) is 12.1 Å². The van der Waals surface area contributed by atoms with Gasteiger partial charge in [-0.3, -0.25) is 0 Å². The monoisotopic (exact) mass is 252 g/mol. The van der Waals surface area contributed by atoms with Crippen molar-refractivity contribution in [3.8, 4) is 0 Å². The van der Waals surface area contributed by atoms with E-state index in [1.54, 1.807) is 0 Å². The Balaban J connectivity index is 2.03. The number of rotatable bonds is 2. The SMILES string of the molecule is CCC1OCCC1c1nc2cc(F)c(F)cc2[nH]1. The Morgan fingerprint density at radius 3 is 2.94 bits per heavy atom. The fourth-order valence-electron chi connectivity index (χ4n) is 2.56. The zero-order valence-electron chi connectivity index (χ0n) is 10.0. The summed E-state index contributed by atoms with van der Waals surface area (Å²) in [5, 5.41) is 0. The first kappa shape index (κ1) is 11.6. The van der Waals surface area contributed by atoms with Gasteiger partial charge in [0.05, 0.1) is 17.1 Å². The first-order valence-electron chi connectivity index (χ1n) is 6.15. The molecule has 2 aromatic rings. The van der Waals surface area contributed by atoms with Gasteiger partial charge in [0, 0.05) is 24.7 Å². The average Bonchev–Trinajstić information content (AvgIpc) is 2.95. The Bertz CT molecular complexity index is 543. The second-order valence-corrected chi connectivity index (χ2v) is 4.62. The van der Waals surface area contributed by atoms with Crippen LogP contribution in [0.1, 0.15) is 31.5 Å². The molecule has 1 aliphatic rings. The molecule has 2 unspecified atom stereocenters. The molecule has 2 atom stereocenters. The second-order valence-electron chi connectivity index (χ2n) is 4.62. The summed E-state index contributed by atoms with van der Waals surface area (Å²) in [4.78, 5) is 7.42. The maximum absolute atomic E-state index is 13.1. The Kier molecular flexibility index (Phi) is 2.78. The fraction of sp³-hybridized carbons (Fsp3) is 0.462. The van der Waals surface area contributed by atoms with Crippen LogP contribution in [0, 0.1) is 11.6 Å². The molecule has 1 N–H and O–H groups in total. The van der Waals surface area contributed by atoms with Crippen molar-refractivity contribution >= 4 is 11.0 Å². The van der Waals surface area contributed by atoms with Crippen LogP contribution >= 0.6 is 0 Å². The lowest BCUT2D eigenvalue weighted by Crippen LogP contribution is -2.14. The smallest absolute Gasteiger partial charge is 0.161 e. The number of H-pyrrole nitrogens is 1. The molecule has 96 valence electrons. The lowest BCUT2D eigenvalue weighted by atomic mass is 9.99. The van der Waals surface area contributed by atoms with Crippen molar-refractivity contribution in [1.82, 2.24) is 9.97 Å². The minimum atomic E-state index is -0.865. The van der Waals surface area contributed by atoms with Crippen molar-refractivity contribution < 1.29 is 13.5 Å².